The molecule has 7 heteroatoms. The summed E-state index contributed by atoms with van der Waals surface area (Å²) >= 11 is 0. The molecule has 1 aliphatic heterocycles. The number of piperidine rings is 1. The van der Waals surface area contributed by atoms with Gasteiger partial charge in [-0.15, -0.1) is 0 Å². The molecule has 0 atom stereocenters. The number of aromatic nitrogens is 1. The first-order chi connectivity index (χ1) is 9.09. The lowest BCUT2D eigenvalue weighted by atomic mass is 10.0. The Morgan fingerprint density at radius 3 is 2.58 bits per heavy atom. The number of rotatable bonds is 2. The fourth-order valence-electron chi connectivity index (χ4n) is 2.05. The van der Waals surface area contributed by atoms with E-state index in [0.29, 0.717) is 25.9 Å². The molecule has 0 N–H and O–H groups in total. The molecule has 6 nitrogen and oxygen atoms in total. The molecule has 98 valence electrons. The van der Waals surface area contributed by atoms with Gasteiger partial charge in [-0.2, -0.15) is 14.8 Å². The Kier molecular flexibility index (Phi) is 3.79. The zero-order valence-corrected chi connectivity index (χ0v) is 11.0. The van der Waals surface area contributed by atoms with Crippen molar-refractivity contribution >= 4 is 10.0 Å². The first-order valence-corrected chi connectivity index (χ1v) is 7.28. The zero-order valence-electron chi connectivity index (χ0n) is 10.2. The molecular formula is C12H12N4O2S. The van der Waals surface area contributed by atoms with Crippen LogP contribution in [0.4, 0.5) is 0 Å². The Hall–Kier alpha value is -1.96. The summed E-state index contributed by atoms with van der Waals surface area (Å²) < 4.78 is 26.1. The summed E-state index contributed by atoms with van der Waals surface area (Å²) in [6.45, 7) is 0.612. The van der Waals surface area contributed by atoms with Gasteiger partial charge < -0.3 is 0 Å². The first kappa shape index (κ1) is 13.5. The van der Waals surface area contributed by atoms with Crippen molar-refractivity contribution in [2.45, 2.75) is 17.7 Å². The summed E-state index contributed by atoms with van der Waals surface area (Å²) in [4.78, 5) is 3.71. The second-order valence-corrected chi connectivity index (χ2v) is 6.18. The smallest absolute Gasteiger partial charge is 0.244 e. The minimum absolute atomic E-state index is 0.0621. The fourth-order valence-corrected chi connectivity index (χ4v) is 3.61. The number of hydrogen-bond donors (Lipinski definition) is 0. The molecule has 2 heterocycles. The molecule has 0 spiro atoms. The van der Waals surface area contributed by atoms with Crippen LogP contribution in [0.25, 0.3) is 0 Å². The van der Waals surface area contributed by atoms with E-state index in [1.165, 1.54) is 22.6 Å². The quantitative estimate of drug-likeness (QED) is 0.798. The standard InChI is InChI=1S/C12H12N4O2S/c13-8-10-3-6-16(7-4-10)19(17,18)12-2-1-5-15-11(12)9-14/h1-2,5,10H,3-4,6-7H2. The molecular weight excluding hydrogens is 264 g/mol. The van der Waals surface area contributed by atoms with Crippen molar-refractivity contribution < 1.29 is 8.42 Å². The minimum atomic E-state index is -3.70. The minimum Gasteiger partial charge on any atom is -0.244 e. The number of nitrogens with zero attached hydrogens (tertiary/aromatic N) is 4. The van der Waals surface area contributed by atoms with E-state index in [1.807, 2.05) is 0 Å². The molecule has 1 aliphatic rings. The molecule has 1 saturated heterocycles. The van der Waals surface area contributed by atoms with E-state index in [2.05, 4.69) is 11.1 Å². The van der Waals surface area contributed by atoms with Crippen LogP contribution < -0.4 is 0 Å². The normalized spacial score (nSPS) is 17.6. The molecule has 0 amide bonds. The second kappa shape index (κ2) is 5.35. The molecule has 1 aromatic rings. The third-order valence-corrected chi connectivity index (χ3v) is 5.06. The number of hydrogen-bond acceptors (Lipinski definition) is 5. The molecule has 19 heavy (non-hydrogen) atoms. The predicted molar refractivity (Wildman–Crippen MR) is 66.0 cm³/mol. The van der Waals surface area contributed by atoms with Crippen molar-refractivity contribution in [2.75, 3.05) is 13.1 Å². The van der Waals surface area contributed by atoms with Crippen molar-refractivity contribution in [1.29, 1.82) is 10.5 Å². The summed E-state index contributed by atoms with van der Waals surface area (Å²) in [5.74, 6) is -0.0872. The maximum atomic E-state index is 12.4. The van der Waals surface area contributed by atoms with Gasteiger partial charge in [0.25, 0.3) is 0 Å². The Bertz CT molecular complexity index is 649. The Morgan fingerprint density at radius 2 is 2.00 bits per heavy atom. The summed E-state index contributed by atoms with van der Waals surface area (Å²) in [5.41, 5.74) is -0.0927. The average Bonchev–Trinajstić information content (AvgIpc) is 2.47. The van der Waals surface area contributed by atoms with Gasteiger partial charge in [-0.05, 0) is 25.0 Å². The lowest BCUT2D eigenvalue weighted by molar-refractivity contribution is 0.310. The van der Waals surface area contributed by atoms with E-state index in [0.717, 1.165) is 0 Å². The highest BCUT2D eigenvalue weighted by Gasteiger charge is 2.31. The maximum absolute atomic E-state index is 12.4. The van der Waals surface area contributed by atoms with Crippen LogP contribution in [0.1, 0.15) is 18.5 Å². The molecule has 1 aromatic heterocycles. The number of nitriles is 2. The SMILES string of the molecule is N#Cc1ncccc1S(=O)(=O)N1CCC(C#N)CC1. The molecule has 2 rings (SSSR count). The van der Waals surface area contributed by atoms with Gasteiger partial charge in [0, 0.05) is 25.2 Å². The highest BCUT2D eigenvalue weighted by Crippen LogP contribution is 2.24. The molecule has 0 radical (unpaired) electrons. The monoisotopic (exact) mass is 276 g/mol. The molecule has 0 aliphatic carbocycles. The lowest BCUT2D eigenvalue weighted by Gasteiger charge is -2.28. The Morgan fingerprint density at radius 1 is 1.32 bits per heavy atom. The maximum Gasteiger partial charge on any atom is 0.245 e. The van der Waals surface area contributed by atoms with Crippen LogP contribution in [0, 0.1) is 28.6 Å². The fraction of sp³-hybridized carbons (Fsp3) is 0.417. The van der Waals surface area contributed by atoms with Crippen molar-refractivity contribution in [2.24, 2.45) is 5.92 Å². The van der Waals surface area contributed by atoms with Gasteiger partial charge in [0.15, 0.2) is 5.69 Å². The average molecular weight is 276 g/mol. The first-order valence-electron chi connectivity index (χ1n) is 5.84. The number of pyridine rings is 1. The predicted octanol–water partition coefficient (Wildman–Crippen LogP) is 0.878. The van der Waals surface area contributed by atoms with Crippen LogP contribution in [0.5, 0.6) is 0 Å². The van der Waals surface area contributed by atoms with Gasteiger partial charge in [-0.1, -0.05) is 0 Å². The van der Waals surface area contributed by atoms with Gasteiger partial charge >= 0.3 is 0 Å². The van der Waals surface area contributed by atoms with Gasteiger partial charge in [0.2, 0.25) is 10.0 Å². The van der Waals surface area contributed by atoms with Crippen molar-refractivity contribution in [1.82, 2.24) is 9.29 Å². The molecule has 0 unspecified atom stereocenters. The molecule has 0 bridgehead atoms. The van der Waals surface area contributed by atoms with Crippen molar-refractivity contribution in [3.8, 4) is 12.1 Å². The highest BCUT2D eigenvalue weighted by molar-refractivity contribution is 7.89. The van der Waals surface area contributed by atoms with E-state index in [-0.39, 0.29) is 16.5 Å². The van der Waals surface area contributed by atoms with Gasteiger partial charge in [0.1, 0.15) is 11.0 Å². The topological polar surface area (TPSA) is 97.8 Å². The van der Waals surface area contributed by atoms with Crippen LogP contribution >= 0.6 is 0 Å². The summed E-state index contributed by atoms with van der Waals surface area (Å²) in [7, 11) is -3.70. The van der Waals surface area contributed by atoms with E-state index < -0.39 is 10.0 Å². The van der Waals surface area contributed by atoms with Crippen LogP contribution in [0.3, 0.4) is 0 Å². The van der Waals surface area contributed by atoms with Gasteiger partial charge in [0.05, 0.1) is 6.07 Å². The molecule has 0 saturated carbocycles. The summed E-state index contributed by atoms with van der Waals surface area (Å²) in [6, 6.07) is 6.83. The van der Waals surface area contributed by atoms with Crippen LogP contribution in [-0.2, 0) is 10.0 Å². The molecule has 0 aromatic carbocycles. The van der Waals surface area contributed by atoms with Gasteiger partial charge in [-0.25, -0.2) is 13.4 Å². The molecule has 1 fully saturated rings. The summed E-state index contributed by atoms with van der Waals surface area (Å²) in [5, 5.41) is 17.7. The van der Waals surface area contributed by atoms with E-state index in [1.54, 1.807) is 6.07 Å². The van der Waals surface area contributed by atoms with Gasteiger partial charge in [-0.3, -0.25) is 0 Å². The second-order valence-electron chi connectivity index (χ2n) is 4.27. The van der Waals surface area contributed by atoms with E-state index in [4.69, 9.17) is 10.5 Å². The third kappa shape index (κ3) is 2.58. The van der Waals surface area contributed by atoms with Crippen molar-refractivity contribution in [3.63, 3.8) is 0 Å². The van der Waals surface area contributed by atoms with Crippen LogP contribution in [-0.4, -0.2) is 30.8 Å². The Balaban J connectivity index is 2.30. The number of sulfonamides is 1. The summed E-state index contributed by atoms with van der Waals surface area (Å²) in [6.07, 6.45) is 2.44. The van der Waals surface area contributed by atoms with Crippen LogP contribution in [0.15, 0.2) is 23.2 Å². The van der Waals surface area contributed by atoms with E-state index in [9.17, 15) is 8.42 Å². The Labute approximate surface area is 112 Å². The van der Waals surface area contributed by atoms with Crippen molar-refractivity contribution in [3.05, 3.63) is 24.0 Å². The zero-order chi connectivity index (χ0) is 13.9. The van der Waals surface area contributed by atoms with E-state index >= 15 is 0 Å². The highest BCUT2D eigenvalue weighted by atomic mass is 32.2. The van der Waals surface area contributed by atoms with Crippen LogP contribution in [0.2, 0.25) is 0 Å². The largest absolute Gasteiger partial charge is 0.245 e. The lowest BCUT2D eigenvalue weighted by Crippen LogP contribution is -2.38. The third-order valence-electron chi connectivity index (χ3n) is 3.13.